The van der Waals surface area contributed by atoms with Gasteiger partial charge in [0.2, 0.25) is 0 Å². The Morgan fingerprint density at radius 3 is 2.57 bits per heavy atom. The number of anilines is 1. The fourth-order valence-electron chi connectivity index (χ4n) is 2.06. The largest absolute Gasteiger partial charge is 0.490 e. The molecule has 0 radical (unpaired) electrons. The molecule has 0 spiro atoms. The molecule has 112 valence electrons. The van der Waals surface area contributed by atoms with E-state index in [0.717, 1.165) is 24.5 Å². The van der Waals surface area contributed by atoms with Crippen LogP contribution in [0.5, 0.6) is 5.75 Å². The smallest absolute Gasteiger partial charge is 0.169 e. The minimum atomic E-state index is 0.567. The summed E-state index contributed by atoms with van der Waals surface area (Å²) in [7, 11) is 0. The zero-order valence-corrected chi connectivity index (χ0v) is 13.1. The van der Waals surface area contributed by atoms with Crippen molar-refractivity contribution in [2.24, 2.45) is 0 Å². The first-order valence-electron chi connectivity index (χ1n) is 7.61. The highest BCUT2D eigenvalue weighted by atomic mass is 16.5. The van der Waals surface area contributed by atoms with Gasteiger partial charge >= 0.3 is 0 Å². The number of hydrogen-bond acceptors (Lipinski definition) is 3. The molecular formula is C18H24N2O. The molecule has 1 aromatic carbocycles. The number of hydrogen-bond donors (Lipinski definition) is 1. The molecule has 21 heavy (non-hydrogen) atoms. The van der Waals surface area contributed by atoms with Gasteiger partial charge in [0.15, 0.2) is 11.6 Å². The Kier molecular flexibility index (Phi) is 5.61. The zero-order chi connectivity index (χ0) is 15.1. The van der Waals surface area contributed by atoms with Crippen LogP contribution in [0.3, 0.4) is 0 Å². The van der Waals surface area contributed by atoms with Crippen LogP contribution in [-0.4, -0.2) is 11.6 Å². The summed E-state index contributed by atoms with van der Waals surface area (Å²) in [6, 6.07) is 12.6. The first kappa shape index (κ1) is 15.4. The van der Waals surface area contributed by atoms with E-state index < -0.39 is 0 Å². The number of ether oxygens (including phenoxy) is 1. The van der Waals surface area contributed by atoms with Gasteiger partial charge in [-0.25, -0.2) is 4.98 Å². The average Bonchev–Trinajstić information content (AvgIpc) is 2.52. The second-order valence-corrected chi connectivity index (χ2v) is 5.45. The van der Waals surface area contributed by atoms with Crippen molar-refractivity contribution in [3.8, 4) is 5.75 Å². The normalized spacial score (nSPS) is 10.7. The molecule has 0 unspecified atom stereocenters. The maximum absolute atomic E-state index is 5.70. The van der Waals surface area contributed by atoms with Crippen LogP contribution in [0.25, 0.3) is 0 Å². The molecule has 3 nitrogen and oxygen atoms in total. The van der Waals surface area contributed by atoms with Gasteiger partial charge in [-0.05, 0) is 35.6 Å². The summed E-state index contributed by atoms with van der Waals surface area (Å²) in [6.45, 7) is 7.97. The monoisotopic (exact) mass is 284 g/mol. The van der Waals surface area contributed by atoms with Crippen molar-refractivity contribution in [1.82, 2.24) is 4.98 Å². The Balaban J connectivity index is 1.99. The molecule has 1 N–H and O–H groups in total. The van der Waals surface area contributed by atoms with Crippen LogP contribution in [0.15, 0.2) is 42.6 Å². The van der Waals surface area contributed by atoms with E-state index in [1.165, 1.54) is 11.1 Å². The predicted octanol–water partition coefficient (Wildman–Crippen LogP) is 4.61. The maximum Gasteiger partial charge on any atom is 0.169 e. The van der Waals surface area contributed by atoms with Gasteiger partial charge in [0.05, 0.1) is 6.61 Å². The summed E-state index contributed by atoms with van der Waals surface area (Å²) < 4.78 is 5.70. The van der Waals surface area contributed by atoms with Gasteiger partial charge in [-0.1, -0.05) is 45.0 Å². The van der Waals surface area contributed by atoms with Crippen LogP contribution in [0.2, 0.25) is 0 Å². The summed E-state index contributed by atoms with van der Waals surface area (Å²) in [5.74, 6) is 2.19. The average molecular weight is 284 g/mol. The highest BCUT2D eigenvalue weighted by Gasteiger charge is 2.04. The maximum atomic E-state index is 5.70. The molecule has 0 saturated carbocycles. The number of aromatic nitrogens is 1. The number of benzene rings is 1. The lowest BCUT2D eigenvalue weighted by molar-refractivity contribution is 0.318. The van der Waals surface area contributed by atoms with Crippen LogP contribution in [-0.2, 0) is 6.54 Å². The number of nitrogens with zero attached hydrogens (tertiary/aromatic N) is 1. The van der Waals surface area contributed by atoms with E-state index in [1.807, 2.05) is 12.1 Å². The molecule has 0 atom stereocenters. The van der Waals surface area contributed by atoms with E-state index in [-0.39, 0.29) is 0 Å². The van der Waals surface area contributed by atoms with Gasteiger partial charge in [-0.3, -0.25) is 0 Å². The highest BCUT2D eigenvalue weighted by molar-refractivity contribution is 5.49. The lowest BCUT2D eigenvalue weighted by Crippen LogP contribution is -2.05. The van der Waals surface area contributed by atoms with Crippen molar-refractivity contribution in [2.75, 3.05) is 11.9 Å². The summed E-state index contributed by atoms with van der Waals surface area (Å²) in [5, 5.41) is 3.35. The third kappa shape index (κ3) is 4.48. The summed E-state index contributed by atoms with van der Waals surface area (Å²) in [4.78, 5) is 4.36. The number of pyridine rings is 1. The topological polar surface area (TPSA) is 34.1 Å². The van der Waals surface area contributed by atoms with Gasteiger partial charge in [0.1, 0.15) is 0 Å². The standard InChI is InChI=1S/C18H24N2O/c1-4-12-21-17-6-5-11-19-18(17)20-13-15-7-9-16(10-8-15)14(2)3/h5-11,14H,4,12-13H2,1-3H3,(H,19,20). The second kappa shape index (κ2) is 7.67. The minimum absolute atomic E-state index is 0.567. The lowest BCUT2D eigenvalue weighted by atomic mass is 10.0. The zero-order valence-electron chi connectivity index (χ0n) is 13.1. The molecule has 0 bridgehead atoms. The fourth-order valence-corrected chi connectivity index (χ4v) is 2.06. The van der Waals surface area contributed by atoms with Crippen molar-refractivity contribution in [3.05, 3.63) is 53.7 Å². The van der Waals surface area contributed by atoms with Crippen LogP contribution in [0.4, 0.5) is 5.82 Å². The van der Waals surface area contributed by atoms with Crippen LogP contribution >= 0.6 is 0 Å². The summed E-state index contributed by atoms with van der Waals surface area (Å²) in [6.07, 6.45) is 2.77. The summed E-state index contributed by atoms with van der Waals surface area (Å²) >= 11 is 0. The third-order valence-corrected chi connectivity index (χ3v) is 3.34. The Morgan fingerprint density at radius 1 is 1.14 bits per heavy atom. The van der Waals surface area contributed by atoms with Crippen molar-refractivity contribution in [3.63, 3.8) is 0 Å². The number of rotatable bonds is 7. The van der Waals surface area contributed by atoms with Crippen LogP contribution in [0.1, 0.15) is 44.2 Å². The molecular weight excluding hydrogens is 260 g/mol. The Labute approximate surface area is 127 Å². The second-order valence-electron chi connectivity index (χ2n) is 5.45. The predicted molar refractivity (Wildman–Crippen MR) is 87.9 cm³/mol. The molecule has 0 fully saturated rings. The molecule has 2 aromatic rings. The van der Waals surface area contributed by atoms with Crippen molar-refractivity contribution < 1.29 is 4.74 Å². The molecule has 1 heterocycles. The Morgan fingerprint density at radius 2 is 1.90 bits per heavy atom. The van der Waals surface area contributed by atoms with E-state index in [4.69, 9.17) is 4.74 Å². The van der Waals surface area contributed by atoms with Gasteiger partial charge in [-0.2, -0.15) is 0 Å². The molecule has 0 amide bonds. The van der Waals surface area contributed by atoms with Gasteiger partial charge in [0.25, 0.3) is 0 Å². The van der Waals surface area contributed by atoms with Crippen LogP contribution in [0, 0.1) is 0 Å². The lowest BCUT2D eigenvalue weighted by Gasteiger charge is -2.12. The third-order valence-electron chi connectivity index (χ3n) is 3.34. The minimum Gasteiger partial charge on any atom is -0.490 e. The van der Waals surface area contributed by atoms with Crippen molar-refractivity contribution in [1.29, 1.82) is 0 Å². The highest BCUT2D eigenvalue weighted by Crippen LogP contribution is 2.22. The Hall–Kier alpha value is -2.03. The Bertz CT molecular complexity index is 549. The van der Waals surface area contributed by atoms with E-state index in [9.17, 15) is 0 Å². The van der Waals surface area contributed by atoms with E-state index >= 15 is 0 Å². The summed E-state index contributed by atoms with van der Waals surface area (Å²) in [5.41, 5.74) is 2.61. The van der Waals surface area contributed by atoms with E-state index in [2.05, 4.69) is 55.3 Å². The first-order valence-corrected chi connectivity index (χ1v) is 7.61. The van der Waals surface area contributed by atoms with E-state index in [0.29, 0.717) is 12.5 Å². The molecule has 0 saturated heterocycles. The van der Waals surface area contributed by atoms with Crippen molar-refractivity contribution in [2.45, 2.75) is 39.7 Å². The first-order chi connectivity index (χ1) is 10.2. The quantitative estimate of drug-likeness (QED) is 0.806. The van der Waals surface area contributed by atoms with Crippen molar-refractivity contribution >= 4 is 5.82 Å². The molecule has 0 aliphatic rings. The number of nitrogens with one attached hydrogen (secondary N) is 1. The molecule has 0 aliphatic carbocycles. The van der Waals surface area contributed by atoms with E-state index in [1.54, 1.807) is 6.20 Å². The SMILES string of the molecule is CCCOc1cccnc1NCc1ccc(C(C)C)cc1. The molecule has 0 aliphatic heterocycles. The molecule has 3 heteroatoms. The van der Waals surface area contributed by atoms with Crippen LogP contribution < -0.4 is 10.1 Å². The molecule has 1 aromatic heterocycles. The van der Waals surface area contributed by atoms with Gasteiger partial charge < -0.3 is 10.1 Å². The fraction of sp³-hybridized carbons (Fsp3) is 0.389. The van der Waals surface area contributed by atoms with Gasteiger partial charge in [-0.15, -0.1) is 0 Å². The van der Waals surface area contributed by atoms with Gasteiger partial charge in [0, 0.05) is 12.7 Å². The molecule has 2 rings (SSSR count).